The Morgan fingerprint density at radius 1 is 1.03 bits per heavy atom. The number of nitriles is 1. The number of carbonyl (C=O) groups is 1. The lowest BCUT2D eigenvalue weighted by Gasteiger charge is -2.43. The highest BCUT2D eigenvalue weighted by Gasteiger charge is 2.62. The van der Waals surface area contributed by atoms with Crippen LogP contribution in [0.25, 0.3) is 0 Å². The number of nitrogens with zero attached hydrogens (tertiary/aromatic N) is 4. The Hall–Kier alpha value is -2.61. The third-order valence-corrected chi connectivity index (χ3v) is 6.72. The van der Waals surface area contributed by atoms with Gasteiger partial charge in [0.25, 0.3) is 5.88 Å². The summed E-state index contributed by atoms with van der Waals surface area (Å²) in [5, 5.41) is 9.10. The summed E-state index contributed by atoms with van der Waals surface area (Å²) in [4.78, 5) is 21.7. The van der Waals surface area contributed by atoms with Gasteiger partial charge in [-0.05, 0) is 57.8 Å². The van der Waals surface area contributed by atoms with Gasteiger partial charge in [0.2, 0.25) is 11.3 Å². The first-order chi connectivity index (χ1) is 15.8. The zero-order valence-corrected chi connectivity index (χ0v) is 18.2. The van der Waals surface area contributed by atoms with E-state index in [4.69, 9.17) is 19.5 Å². The van der Waals surface area contributed by atoms with Crippen molar-refractivity contribution in [2.45, 2.75) is 87.9 Å². The number of ether oxygens (including phenoxy) is 3. The van der Waals surface area contributed by atoms with Gasteiger partial charge in [0.05, 0.1) is 12.2 Å². The molecule has 2 saturated carbocycles. The number of rotatable bonds is 5. The molecule has 0 aromatic carbocycles. The first kappa shape index (κ1) is 23.5. The van der Waals surface area contributed by atoms with E-state index < -0.39 is 17.9 Å². The van der Waals surface area contributed by atoms with Gasteiger partial charge in [-0.2, -0.15) is 18.4 Å². The molecule has 3 fully saturated rings. The maximum Gasteiger partial charge on any atom is 0.428 e. The zero-order chi connectivity index (χ0) is 23.5. The van der Waals surface area contributed by atoms with E-state index in [2.05, 4.69) is 9.97 Å². The Morgan fingerprint density at radius 2 is 1.64 bits per heavy atom. The Labute approximate surface area is 190 Å². The molecule has 1 amide bonds. The van der Waals surface area contributed by atoms with Crippen molar-refractivity contribution in [1.82, 2.24) is 14.9 Å². The summed E-state index contributed by atoms with van der Waals surface area (Å²) in [5.74, 6) is 0.248. The summed E-state index contributed by atoms with van der Waals surface area (Å²) in [6, 6.07) is 1.97. The minimum atomic E-state index is -4.53. The van der Waals surface area contributed by atoms with Crippen molar-refractivity contribution in [2.75, 3.05) is 13.1 Å². The molecule has 4 rings (SSSR count). The van der Waals surface area contributed by atoms with Crippen molar-refractivity contribution in [3.8, 4) is 11.9 Å². The molecule has 1 aromatic rings. The first-order valence-corrected chi connectivity index (χ1v) is 11.4. The van der Waals surface area contributed by atoms with Crippen LogP contribution in [0.15, 0.2) is 12.4 Å². The Morgan fingerprint density at radius 3 is 2.21 bits per heavy atom. The van der Waals surface area contributed by atoms with Crippen LogP contribution >= 0.6 is 0 Å². The van der Waals surface area contributed by atoms with Gasteiger partial charge < -0.3 is 19.1 Å². The maximum atomic E-state index is 13.2. The molecule has 2 heterocycles. The number of likely N-dealkylation sites (tertiary alicyclic amines) is 1. The van der Waals surface area contributed by atoms with Gasteiger partial charge in [-0.25, -0.2) is 14.8 Å². The lowest BCUT2D eigenvalue weighted by molar-refractivity contribution is -0.286. The SMILES string of the molecule is N#Cc1nccnc1O[C@H]1CC[C@H](OC2CCN(C(=O)OC3(C(F)(F)F)CCC3)CC2)CC1. The number of piperidine rings is 1. The fourth-order valence-corrected chi connectivity index (χ4v) is 4.55. The summed E-state index contributed by atoms with van der Waals surface area (Å²) in [6.45, 7) is 0.638. The average Bonchev–Trinajstić information content (AvgIpc) is 2.77. The van der Waals surface area contributed by atoms with Crippen LogP contribution in [-0.4, -0.2) is 64.1 Å². The third-order valence-electron chi connectivity index (χ3n) is 6.72. The van der Waals surface area contributed by atoms with Crippen LogP contribution < -0.4 is 4.74 Å². The third kappa shape index (κ3) is 5.32. The molecular weight excluding hydrogens is 441 g/mol. The Kier molecular flexibility index (Phi) is 6.93. The van der Waals surface area contributed by atoms with Crippen LogP contribution in [0.4, 0.5) is 18.0 Å². The van der Waals surface area contributed by atoms with E-state index in [1.165, 1.54) is 17.3 Å². The van der Waals surface area contributed by atoms with Crippen molar-refractivity contribution in [3.63, 3.8) is 0 Å². The molecule has 180 valence electrons. The number of carbonyl (C=O) groups excluding carboxylic acids is 1. The van der Waals surface area contributed by atoms with Gasteiger partial charge >= 0.3 is 12.3 Å². The molecule has 11 heteroatoms. The molecule has 0 radical (unpaired) electrons. The van der Waals surface area contributed by atoms with Crippen LogP contribution in [0, 0.1) is 11.3 Å². The number of amides is 1. The van der Waals surface area contributed by atoms with Gasteiger partial charge in [0.15, 0.2) is 0 Å². The average molecular weight is 468 g/mol. The van der Waals surface area contributed by atoms with E-state index in [1.807, 2.05) is 6.07 Å². The van der Waals surface area contributed by atoms with Gasteiger partial charge in [-0.15, -0.1) is 0 Å². The molecule has 1 aromatic heterocycles. The Balaban J connectivity index is 1.18. The largest absolute Gasteiger partial charge is 0.472 e. The second kappa shape index (κ2) is 9.71. The van der Waals surface area contributed by atoms with Gasteiger partial charge in [0, 0.05) is 25.5 Å². The molecule has 0 bridgehead atoms. The van der Waals surface area contributed by atoms with E-state index in [1.54, 1.807) is 0 Å². The van der Waals surface area contributed by atoms with Gasteiger partial charge in [-0.3, -0.25) is 0 Å². The normalized spacial score (nSPS) is 25.6. The van der Waals surface area contributed by atoms with Crippen LogP contribution in [0.1, 0.15) is 63.5 Å². The highest BCUT2D eigenvalue weighted by Crippen LogP contribution is 2.48. The van der Waals surface area contributed by atoms with Crippen molar-refractivity contribution < 1.29 is 32.2 Å². The van der Waals surface area contributed by atoms with Crippen LogP contribution in [-0.2, 0) is 9.47 Å². The van der Waals surface area contributed by atoms with Crippen molar-refractivity contribution >= 4 is 6.09 Å². The molecule has 0 unspecified atom stereocenters. The number of aromatic nitrogens is 2. The Bertz CT molecular complexity index is 871. The molecular formula is C22H27F3N4O4. The number of hydrogen-bond acceptors (Lipinski definition) is 7. The first-order valence-electron chi connectivity index (χ1n) is 11.4. The molecule has 2 aliphatic carbocycles. The van der Waals surface area contributed by atoms with Crippen molar-refractivity contribution in [1.29, 1.82) is 5.26 Å². The monoisotopic (exact) mass is 468 g/mol. The fourth-order valence-electron chi connectivity index (χ4n) is 4.55. The quantitative estimate of drug-likeness (QED) is 0.641. The number of alkyl halides is 3. The lowest BCUT2D eigenvalue weighted by atomic mass is 9.79. The summed E-state index contributed by atoms with van der Waals surface area (Å²) in [5.41, 5.74) is -2.14. The zero-order valence-electron chi connectivity index (χ0n) is 18.2. The maximum absolute atomic E-state index is 13.2. The van der Waals surface area contributed by atoms with Crippen molar-refractivity contribution in [3.05, 3.63) is 18.1 Å². The van der Waals surface area contributed by atoms with Crippen LogP contribution in [0.5, 0.6) is 5.88 Å². The summed E-state index contributed by atoms with van der Waals surface area (Å²) in [7, 11) is 0. The summed E-state index contributed by atoms with van der Waals surface area (Å²) >= 11 is 0. The molecule has 0 spiro atoms. The molecule has 0 atom stereocenters. The molecule has 1 aliphatic heterocycles. The van der Waals surface area contributed by atoms with E-state index >= 15 is 0 Å². The second-order valence-electron chi connectivity index (χ2n) is 8.87. The predicted octanol–water partition coefficient (Wildman–Crippen LogP) is 4.14. The summed E-state index contributed by atoms with van der Waals surface area (Å²) < 4.78 is 56.7. The van der Waals surface area contributed by atoms with E-state index in [-0.39, 0.29) is 42.7 Å². The van der Waals surface area contributed by atoms with Gasteiger partial charge in [-0.1, -0.05) is 0 Å². The number of hydrogen-bond donors (Lipinski definition) is 0. The minimum Gasteiger partial charge on any atom is -0.472 e. The lowest BCUT2D eigenvalue weighted by Crippen LogP contribution is -2.56. The molecule has 1 saturated heterocycles. The smallest absolute Gasteiger partial charge is 0.428 e. The topological polar surface area (TPSA) is 97.6 Å². The summed E-state index contributed by atoms with van der Waals surface area (Å²) in [6.07, 6.45) is 1.81. The van der Waals surface area contributed by atoms with E-state index in [0.717, 1.165) is 25.7 Å². The van der Waals surface area contributed by atoms with Crippen molar-refractivity contribution in [2.24, 2.45) is 0 Å². The van der Waals surface area contributed by atoms with E-state index in [0.29, 0.717) is 32.4 Å². The fraction of sp³-hybridized carbons (Fsp3) is 0.727. The highest BCUT2D eigenvalue weighted by molar-refractivity contribution is 5.68. The van der Waals surface area contributed by atoms with Gasteiger partial charge in [0.1, 0.15) is 12.2 Å². The van der Waals surface area contributed by atoms with Crippen LogP contribution in [0.2, 0.25) is 0 Å². The van der Waals surface area contributed by atoms with E-state index in [9.17, 15) is 18.0 Å². The number of halogens is 3. The standard InChI is InChI=1S/C22H27F3N4O4/c23-22(24,25)21(8-1-9-21)33-20(30)29-12-6-17(7-13-29)31-15-2-4-16(5-3-15)32-19-18(14-26)27-10-11-28-19/h10-11,15-17H,1-9,12-13H2/t15-,16-. The molecule has 0 N–H and O–H groups in total. The minimum absolute atomic E-state index is 0.0398. The second-order valence-corrected chi connectivity index (χ2v) is 8.87. The molecule has 33 heavy (non-hydrogen) atoms. The van der Waals surface area contributed by atoms with Crippen LogP contribution in [0.3, 0.4) is 0 Å². The highest BCUT2D eigenvalue weighted by atomic mass is 19.4. The molecule has 8 nitrogen and oxygen atoms in total. The molecule has 3 aliphatic rings. The predicted molar refractivity (Wildman–Crippen MR) is 108 cm³/mol.